The third-order valence-corrected chi connectivity index (χ3v) is 2.81. The molecule has 2 rings (SSSR count). The monoisotopic (exact) mass is 279 g/mol. The van der Waals surface area contributed by atoms with E-state index in [0.29, 0.717) is 16.8 Å². The molecule has 20 heavy (non-hydrogen) atoms. The lowest BCUT2D eigenvalue weighted by Crippen LogP contribution is -2.47. The number of nitrogens with zero attached hydrogens (tertiary/aromatic N) is 2. The minimum atomic E-state index is -1.39. The number of carboxylic acid groups (broad SMARTS) is 1. The number of aryl methyl sites for hydroxylation is 1. The van der Waals surface area contributed by atoms with Crippen LogP contribution in [0, 0.1) is 6.92 Å². The van der Waals surface area contributed by atoms with Gasteiger partial charge in [0.2, 0.25) is 0 Å². The molecule has 2 heterocycles. The Morgan fingerprint density at radius 2 is 2.15 bits per heavy atom. The highest BCUT2D eigenvalue weighted by Gasteiger charge is 2.25. The Hall–Kier alpha value is -2.48. The first-order chi connectivity index (χ1) is 9.40. The van der Waals surface area contributed by atoms with Gasteiger partial charge in [0.15, 0.2) is 6.04 Å². The number of hydrogen-bond acceptors (Lipinski definition) is 6. The second-order valence-corrected chi connectivity index (χ2v) is 4.37. The van der Waals surface area contributed by atoms with Gasteiger partial charge < -0.3 is 20.1 Å². The number of carboxylic acids is 1. The Kier molecular flexibility index (Phi) is 3.66. The van der Waals surface area contributed by atoms with Crippen LogP contribution < -0.4 is 5.32 Å². The molecular weight excluding hydrogens is 266 g/mol. The number of hydrogen-bond donors (Lipinski definition) is 3. The first-order valence-electron chi connectivity index (χ1n) is 5.84. The average Bonchev–Trinajstić information content (AvgIpc) is 2.76. The second-order valence-electron chi connectivity index (χ2n) is 4.37. The molecule has 1 amide bonds. The molecule has 2 aromatic heterocycles. The predicted molar refractivity (Wildman–Crippen MR) is 67.1 cm³/mol. The molecule has 0 saturated carbocycles. The van der Waals surface area contributed by atoms with Gasteiger partial charge >= 0.3 is 5.97 Å². The normalized spacial score (nSPS) is 13.9. The zero-order valence-corrected chi connectivity index (χ0v) is 10.8. The number of nitrogens with one attached hydrogen (secondary N) is 1. The Balaban J connectivity index is 2.26. The summed E-state index contributed by atoms with van der Waals surface area (Å²) in [6, 6.07) is 0.117. The van der Waals surface area contributed by atoms with Crippen LogP contribution in [-0.2, 0) is 4.79 Å². The van der Waals surface area contributed by atoms with Gasteiger partial charge in [0.05, 0.1) is 22.7 Å². The van der Waals surface area contributed by atoms with Crippen molar-refractivity contribution in [3.05, 3.63) is 23.5 Å². The van der Waals surface area contributed by atoms with E-state index in [0.717, 1.165) is 0 Å². The van der Waals surface area contributed by atoms with Crippen LogP contribution in [-0.4, -0.2) is 44.4 Å². The number of fused-ring (bicyclic) bond motifs is 1. The fraction of sp³-hybridized carbons (Fsp3) is 0.333. The van der Waals surface area contributed by atoms with Crippen molar-refractivity contribution < 1.29 is 24.3 Å². The summed E-state index contributed by atoms with van der Waals surface area (Å²) in [6.07, 6.45) is 0.0361. The molecule has 0 aliphatic carbocycles. The van der Waals surface area contributed by atoms with Crippen molar-refractivity contribution in [3.8, 4) is 0 Å². The Bertz CT molecular complexity index is 664. The molecule has 2 unspecified atom stereocenters. The van der Waals surface area contributed by atoms with E-state index >= 15 is 0 Å². The predicted octanol–water partition coefficient (Wildman–Crippen LogP) is 0.0950. The lowest BCUT2D eigenvalue weighted by atomic mass is 10.1. The van der Waals surface area contributed by atoms with E-state index in [1.165, 1.54) is 19.2 Å². The van der Waals surface area contributed by atoms with E-state index in [1.807, 2.05) is 0 Å². The number of carbonyl (C=O) groups is 2. The van der Waals surface area contributed by atoms with E-state index in [-0.39, 0.29) is 5.56 Å². The standard InChI is InChI=1S/C12H13N3O5/c1-5-8-3-7(4-13-11(8)20-15-5)10(17)14-9(6(2)16)12(18)19/h3-4,6,9,16H,1-2H3,(H,14,17)(H,18,19). The fourth-order valence-electron chi connectivity index (χ4n) is 1.68. The van der Waals surface area contributed by atoms with Crippen LogP contribution in [0.2, 0.25) is 0 Å². The van der Waals surface area contributed by atoms with Crippen molar-refractivity contribution in [3.63, 3.8) is 0 Å². The van der Waals surface area contributed by atoms with Gasteiger partial charge in [-0.3, -0.25) is 4.79 Å². The topological polar surface area (TPSA) is 126 Å². The Morgan fingerprint density at radius 1 is 1.45 bits per heavy atom. The molecule has 0 saturated heterocycles. The van der Waals surface area contributed by atoms with E-state index in [4.69, 9.17) is 9.63 Å². The molecule has 2 atom stereocenters. The number of aliphatic hydroxyl groups is 1. The van der Waals surface area contributed by atoms with Gasteiger partial charge in [-0.25, -0.2) is 9.78 Å². The maximum Gasteiger partial charge on any atom is 0.328 e. The molecule has 2 aromatic rings. The van der Waals surface area contributed by atoms with E-state index in [2.05, 4.69) is 15.5 Å². The van der Waals surface area contributed by atoms with Crippen LogP contribution in [0.5, 0.6) is 0 Å². The van der Waals surface area contributed by atoms with Gasteiger partial charge in [-0.2, -0.15) is 0 Å². The lowest BCUT2D eigenvalue weighted by Gasteiger charge is -2.16. The van der Waals surface area contributed by atoms with Gasteiger partial charge in [0.1, 0.15) is 0 Å². The zero-order chi connectivity index (χ0) is 14.9. The third-order valence-electron chi connectivity index (χ3n) is 2.81. The zero-order valence-electron chi connectivity index (χ0n) is 10.8. The van der Waals surface area contributed by atoms with Crippen molar-refractivity contribution in [1.82, 2.24) is 15.5 Å². The van der Waals surface area contributed by atoms with E-state index in [1.54, 1.807) is 6.92 Å². The van der Waals surface area contributed by atoms with Crippen LogP contribution in [0.3, 0.4) is 0 Å². The van der Waals surface area contributed by atoms with Gasteiger partial charge in [-0.05, 0) is 19.9 Å². The summed E-state index contributed by atoms with van der Waals surface area (Å²) < 4.78 is 4.91. The minimum Gasteiger partial charge on any atom is -0.480 e. The first kappa shape index (κ1) is 13.9. The number of rotatable bonds is 4. The molecule has 8 nitrogen and oxygen atoms in total. The fourth-order valence-corrected chi connectivity index (χ4v) is 1.68. The van der Waals surface area contributed by atoms with E-state index < -0.39 is 24.0 Å². The summed E-state index contributed by atoms with van der Waals surface area (Å²) in [7, 11) is 0. The van der Waals surface area contributed by atoms with Crippen LogP contribution >= 0.6 is 0 Å². The van der Waals surface area contributed by atoms with E-state index in [9.17, 15) is 14.7 Å². The maximum atomic E-state index is 12.0. The maximum absolute atomic E-state index is 12.0. The van der Waals surface area contributed by atoms with Crippen LogP contribution in [0.25, 0.3) is 11.1 Å². The van der Waals surface area contributed by atoms with Crippen molar-refractivity contribution in [1.29, 1.82) is 0 Å². The molecule has 0 spiro atoms. The summed E-state index contributed by atoms with van der Waals surface area (Å²) in [4.78, 5) is 26.8. The summed E-state index contributed by atoms with van der Waals surface area (Å²) in [6.45, 7) is 2.98. The third kappa shape index (κ3) is 2.59. The van der Waals surface area contributed by atoms with Crippen molar-refractivity contribution in [2.24, 2.45) is 0 Å². The summed E-state index contributed by atoms with van der Waals surface area (Å²) in [5.41, 5.74) is 1.03. The Morgan fingerprint density at radius 3 is 2.75 bits per heavy atom. The largest absolute Gasteiger partial charge is 0.480 e. The number of aliphatic carboxylic acids is 1. The summed E-state index contributed by atoms with van der Waals surface area (Å²) in [5, 5.41) is 24.7. The molecule has 0 fully saturated rings. The molecule has 0 aliphatic rings. The number of amides is 1. The molecule has 0 bridgehead atoms. The highest BCUT2D eigenvalue weighted by molar-refractivity contribution is 5.98. The minimum absolute atomic E-state index is 0.163. The average molecular weight is 279 g/mol. The second kappa shape index (κ2) is 5.25. The van der Waals surface area contributed by atoms with Crippen molar-refractivity contribution in [2.45, 2.75) is 26.0 Å². The van der Waals surface area contributed by atoms with Gasteiger partial charge in [-0.1, -0.05) is 5.16 Å². The highest BCUT2D eigenvalue weighted by atomic mass is 16.5. The SMILES string of the molecule is Cc1noc2ncc(C(=O)NC(C(=O)O)C(C)O)cc12. The van der Waals surface area contributed by atoms with Gasteiger partial charge in [0, 0.05) is 6.20 Å². The van der Waals surface area contributed by atoms with Crippen LogP contribution in [0.15, 0.2) is 16.8 Å². The molecule has 0 aromatic carbocycles. The molecule has 106 valence electrons. The van der Waals surface area contributed by atoms with Crippen LogP contribution in [0.4, 0.5) is 0 Å². The smallest absolute Gasteiger partial charge is 0.328 e. The van der Waals surface area contributed by atoms with Crippen molar-refractivity contribution >= 4 is 23.0 Å². The summed E-state index contributed by atoms with van der Waals surface area (Å²) >= 11 is 0. The molecule has 0 radical (unpaired) electrons. The highest BCUT2D eigenvalue weighted by Crippen LogP contribution is 2.16. The molecule has 8 heteroatoms. The number of pyridine rings is 1. The number of carbonyl (C=O) groups excluding carboxylic acids is 1. The molecular formula is C12H13N3O5. The lowest BCUT2D eigenvalue weighted by molar-refractivity contribution is -0.141. The first-order valence-corrected chi connectivity index (χ1v) is 5.84. The molecule has 3 N–H and O–H groups in total. The molecule has 0 aliphatic heterocycles. The van der Waals surface area contributed by atoms with Crippen molar-refractivity contribution in [2.75, 3.05) is 0 Å². The summed E-state index contributed by atoms with van der Waals surface area (Å²) in [5.74, 6) is -1.96. The quantitative estimate of drug-likeness (QED) is 0.724. The Labute approximate surface area is 113 Å². The van der Waals surface area contributed by atoms with Crippen LogP contribution in [0.1, 0.15) is 23.0 Å². The number of aliphatic hydroxyl groups excluding tert-OH is 1. The number of aromatic nitrogens is 2. The van der Waals surface area contributed by atoms with Gasteiger partial charge in [0.25, 0.3) is 11.6 Å². The van der Waals surface area contributed by atoms with Gasteiger partial charge in [-0.15, -0.1) is 0 Å².